The summed E-state index contributed by atoms with van der Waals surface area (Å²) in [5, 5.41) is 5.29. The largest absolute Gasteiger partial charge is 0.490 e. The van der Waals surface area contributed by atoms with Crippen LogP contribution in [0, 0.1) is 5.92 Å². The molecule has 0 aliphatic rings. The first-order valence-corrected chi connectivity index (χ1v) is 8.61. The minimum atomic E-state index is -0.707. The van der Waals surface area contributed by atoms with E-state index < -0.39 is 12.1 Å². The van der Waals surface area contributed by atoms with Crippen molar-refractivity contribution in [1.29, 1.82) is 0 Å². The van der Waals surface area contributed by atoms with E-state index in [1.807, 2.05) is 45.9 Å². The summed E-state index contributed by atoms with van der Waals surface area (Å²) in [5.74, 6) is 1.11. The molecule has 7 heteroatoms. The fourth-order valence-corrected chi connectivity index (χ4v) is 2.38. The molecule has 1 aromatic rings. The Bertz CT molecular complexity index is 575. The third-order valence-corrected chi connectivity index (χ3v) is 3.57. The van der Waals surface area contributed by atoms with Crippen LogP contribution in [0.25, 0.3) is 0 Å². The molecule has 0 aromatic heterocycles. The van der Waals surface area contributed by atoms with Crippen molar-refractivity contribution in [3.63, 3.8) is 0 Å². The zero-order valence-corrected chi connectivity index (χ0v) is 15.4. The summed E-state index contributed by atoms with van der Waals surface area (Å²) in [6, 6.07) is 4.39. The summed E-state index contributed by atoms with van der Waals surface area (Å²) in [4.78, 5) is 23.2. The van der Waals surface area contributed by atoms with Gasteiger partial charge in [0, 0.05) is 6.54 Å². The quantitative estimate of drug-likeness (QED) is 0.598. The normalized spacial score (nSPS) is 11.7. The van der Waals surface area contributed by atoms with Crippen molar-refractivity contribution in [2.45, 2.75) is 40.2 Å². The number of rotatable bonds is 10. The Kier molecular flexibility index (Phi) is 8.60. The molecule has 0 saturated carbocycles. The van der Waals surface area contributed by atoms with Crippen LogP contribution in [0.5, 0.6) is 11.5 Å². The van der Waals surface area contributed by atoms with Gasteiger partial charge in [-0.05, 0) is 43.9 Å². The lowest BCUT2D eigenvalue weighted by Gasteiger charge is -2.20. The summed E-state index contributed by atoms with van der Waals surface area (Å²) in [7, 11) is 0. The number of ether oxygens (including phenoxy) is 2. The molecule has 0 spiro atoms. The first-order valence-electron chi connectivity index (χ1n) is 8.61. The van der Waals surface area contributed by atoms with Gasteiger partial charge in [0.15, 0.2) is 11.5 Å². The number of hydrogen-bond acceptors (Lipinski definition) is 4. The van der Waals surface area contributed by atoms with Gasteiger partial charge in [0.1, 0.15) is 6.04 Å². The molecule has 25 heavy (non-hydrogen) atoms. The number of hydrogen-bond donors (Lipinski definition) is 3. The number of carbonyl (C=O) groups is 2. The van der Waals surface area contributed by atoms with Gasteiger partial charge in [-0.1, -0.05) is 19.9 Å². The smallest absolute Gasteiger partial charge is 0.312 e. The summed E-state index contributed by atoms with van der Waals surface area (Å²) >= 11 is 0. The van der Waals surface area contributed by atoms with Gasteiger partial charge in [-0.2, -0.15) is 0 Å². The van der Waals surface area contributed by atoms with E-state index in [9.17, 15) is 9.59 Å². The van der Waals surface area contributed by atoms with Crippen LogP contribution in [0.4, 0.5) is 4.79 Å². The number of primary amides is 1. The lowest BCUT2D eigenvalue weighted by Crippen LogP contribution is -2.51. The minimum absolute atomic E-state index is 0.0532. The summed E-state index contributed by atoms with van der Waals surface area (Å²) in [5.41, 5.74) is 6.14. The Morgan fingerprint density at radius 3 is 2.32 bits per heavy atom. The van der Waals surface area contributed by atoms with E-state index >= 15 is 0 Å². The van der Waals surface area contributed by atoms with Crippen LogP contribution in [-0.2, 0) is 11.2 Å². The number of benzene rings is 1. The van der Waals surface area contributed by atoms with Crippen molar-refractivity contribution >= 4 is 11.9 Å². The van der Waals surface area contributed by atoms with E-state index in [1.165, 1.54) is 0 Å². The second-order valence-corrected chi connectivity index (χ2v) is 5.92. The molecule has 0 fully saturated rings. The molecule has 0 saturated heterocycles. The second-order valence-electron chi connectivity index (χ2n) is 5.92. The average Bonchev–Trinajstić information content (AvgIpc) is 2.54. The van der Waals surface area contributed by atoms with Gasteiger partial charge in [-0.15, -0.1) is 0 Å². The van der Waals surface area contributed by atoms with Gasteiger partial charge >= 0.3 is 6.03 Å². The number of urea groups is 1. The Morgan fingerprint density at radius 2 is 1.76 bits per heavy atom. The molecule has 1 aromatic carbocycles. The van der Waals surface area contributed by atoms with E-state index in [0.717, 1.165) is 5.56 Å². The number of nitrogens with two attached hydrogens (primary N) is 1. The molecule has 140 valence electrons. The third kappa shape index (κ3) is 6.91. The molecule has 0 aliphatic carbocycles. The monoisotopic (exact) mass is 351 g/mol. The Labute approximate surface area is 149 Å². The molecule has 0 aliphatic heterocycles. The van der Waals surface area contributed by atoms with Crippen molar-refractivity contribution < 1.29 is 19.1 Å². The molecule has 4 N–H and O–H groups in total. The summed E-state index contributed by atoms with van der Waals surface area (Å²) in [6.45, 7) is 9.10. The zero-order valence-electron chi connectivity index (χ0n) is 15.4. The van der Waals surface area contributed by atoms with E-state index in [4.69, 9.17) is 15.2 Å². The first kappa shape index (κ1) is 20.6. The van der Waals surface area contributed by atoms with Gasteiger partial charge in [0.05, 0.1) is 13.2 Å². The van der Waals surface area contributed by atoms with Crippen molar-refractivity contribution in [2.24, 2.45) is 11.7 Å². The van der Waals surface area contributed by atoms with E-state index in [-0.39, 0.29) is 11.8 Å². The zero-order chi connectivity index (χ0) is 18.8. The highest BCUT2D eigenvalue weighted by atomic mass is 16.5. The van der Waals surface area contributed by atoms with Crippen LogP contribution in [0.2, 0.25) is 0 Å². The summed E-state index contributed by atoms with van der Waals surface area (Å²) < 4.78 is 11.1. The Morgan fingerprint density at radius 1 is 1.12 bits per heavy atom. The number of nitrogens with one attached hydrogen (secondary N) is 2. The molecule has 3 amide bonds. The van der Waals surface area contributed by atoms with Crippen molar-refractivity contribution in [1.82, 2.24) is 10.6 Å². The summed E-state index contributed by atoms with van der Waals surface area (Å²) in [6.07, 6.45) is 0.638. The van der Waals surface area contributed by atoms with Gasteiger partial charge in [-0.25, -0.2) is 4.79 Å². The molecular formula is C18H29N3O4. The highest BCUT2D eigenvalue weighted by molar-refractivity contribution is 5.86. The number of amides is 3. The van der Waals surface area contributed by atoms with E-state index in [0.29, 0.717) is 37.7 Å². The van der Waals surface area contributed by atoms with E-state index in [2.05, 4.69) is 10.6 Å². The van der Waals surface area contributed by atoms with E-state index in [1.54, 1.807) is 0 Å². The first-order chi connectivity index (χ1) is 11.9. The van der Waals surface area contributed by atoms with Gasteiger partial charge in [0.25, 0.3) is 0 Å². The minimum Gasteiger partial charge on any atom is -0.490 e. The molecule has 0 bridgehead atoms. The van der Waals surface area contributed by atoms with Crippen LogP contribution >= 0.6 is 0 Å². The van der Waals surface area contributed by atoms with Crippen molar-refractivity contribution in [3.05, 3.63) is 23.8 Å². The Hall–Kier alpha value is -2.44. The lowest BCUT2D eigenvalue weighted by molar-refractivity contribution is -0.123. The molecule has 0 unspecified atom stereocenters. The van der Waals surface area contributed by atoms with Gasteiger partial charge < -0.3 is 25.8 Å². The van der Waals surface area contributed by atoms with Crippen LogP contribution in [0.3, 0.4) is 0 Å². The molecule has 1 rings (SSSR count). The molecule has 0 heterocycles. The highest BCUT2D eigenvalue weighted by Crippen LogP contribution is 2.28. The predicted molar refractivity (Wildman–Crippen MR) is 96.8 cm³/mol. The maximum Gasteiger partial charge on any atom is 0.312 e. The lowest BCUT2D eigenvalue weighted by atomic mass is 10.0. The highest BCUT2D eigenvalue weighted by Gasteiger charge is 2.22. The van der Waals surface area contributed by atoms with Gasteiger partial charge in [0.2, 0.25) is 5.91 Å². The standard InChI is InChI=1S/C18H29N3O4/c1-5-24-14-8-7-13(11-15(14)25-6-2)9-10-20-17(22)16(12(3)4)21-18(19)23/h7-8,11-12,16H,5-6,9-10H2,1-4H3,(H,20,22)(H3,19,21,23)/t16-/m0/s1. The third-order valence-electron chi connectivity index (χ3n) is 3.57. The topological polar surface area (TPSA) is 103 Å². The molecule has 1 atom stereocenters. The fourth-order valence-electron chi connectivity index (χ4n) is 2.38. The fraction of sp³-hybridized carbons (Fsp3) is 0.556. The SMILES string of the molecule is CCOc1ccc(CCNC(=O)[C@@H](NC(N)=O)C(C)C)cc1OCC. The van der Waals surface area contributed by atoms with Crippen molar-refractivity contribution in [2.75, 3.05) is 19.8 Å². The molecular weight excluding hydrogens is 322 g/mol. The van der Waals surface area contributed by atoms with Crippen LogP contribution in [0.15, 0.2) is 18.2 Å². The van der Waals surface area contributed by atoms with Gasteiger partial charge in [-0.3, -0.25) is 4.79 Å². The van der Waals surface area contributed by atoms with Crippen LogP contribution < -0.4 is 25.8 Å². The molecule has 0 radical (unpaired) electrons. The van der Waals surface area contributed by atoms with Crippen molar-refractivity contribution in [3.8, 4) is 11.5 Å². The van der Waals surface area contributed by atoms with Crippen LogP contribution in [-0.4, -0.2) is 37.7 Å². The predicted octanol–water partition coefficient (Wildman–Crippen LogP) is 1.84. The van der Waals surface area contributed by atoms with Crippen LogP contribution in [0.1, 0.15) is 33.3 Å². The molecule has 7 nitrogen and oxygen atoms in total. The number of carbonyl (C=O) groups excluding carboxylic acids is 2. The maximum atomic E-state index is 12.2. The Balaban J connectivity index is 2.63. The maximum absolute atomic E-state index is 12.2. The second kappa shape index (κ2) is 10.4. The average molecular weight is 351 g/mol.